The van der Waals surface area contributed by atoms with Crippen molar-refractivity contribution in [3.63, 3.8) is 0 Å². The van der Waals surface area contributed by atoms with Crippen molar-refractivity contribution >= 4 is 15.9 Å². The first-order valence-corrected chi connectivity index (χ1v) is 6.00. The van der Waals surface area contributed by atoms with E-state index in [1.54, 1.807) is 4.68 Å². The number of nitrogens with zero attached hydrogens (tertiary/aromatic N) is 2. The van der Waals surface area contributed by atoms with Gasteiger partial charge in [0, 0.05) is 12.6 Å². The zero-order valence-electron chi connectivity index (χ0n) is 9.47. The lowest BCUT2D eigenvalue weighted by Crippen LogP contribution is -1.96. The molecule has 0 bridgehead atoms. The van der Waals surface area contributed by atoms with Crippen molar-refractivity contribution < 1.29 is 8.78 Å². The number of aryl methyl sites for hydroxylation is 1. The Bertz CT molecular complexity index is 564. The van der Waals surface area contributed by atoms with Gasteiger partial charge in [0.05, 0.1) is 10.2 Å². The Balaban J connectivity index is 2.57. The van der Waals surface area contributed by atoms with E-state index in [0.717, 1.165) is 28.7 Å². The first-order valence-electron chi connectivity index (χ1n) is 5.21. The van der Waals surface area contributed by atoms with Crippen molar-refractivity contribution in [2.75, 3.05) is 0 Å². The molecule has 0 N–H and O–H groups in total. The Kier molecular flexibility index (Phi) is 3.28. The fourth-order valence-electron chi connectivity index (χ4n) is 1.74. The highest BCUT2D eigenvalue weighted by Gasteiger charge is 2.15. The van der Waals surface area contributed by atoms with Crippen LogP contribution in [0.4, 0.5) is 8.78 Å². The first kappa shape index (κ1) is 12.2. The Hall–Kier alpha value is -1.23. The second-order valence-corrected chi connectivity index (χ2v) is 4.51. The molecule has 0 aliphatic rings. The van der Waals surface area contributed by atoms with Gasteiger partial charge >= 0.3 is 0 Å². The molecule has 2 nitrogen and oxygen atoms in total. The van der Waals surface area contributed by atoms with Crippen molar-refractivity contribution in [3.05, 3.63) is 40.0 Å². The molecule has 0 saturated carbocycles. The summed E-state index contributed by atoms with van der Waals surface area (Å²) in [6.07, 6.45) is 0.813. The van der Waals surface area contributed by atoms with Gasteiger partial charge in [-0.25, -0.2) is 8.78 Å². The van der Waals surface area contributed by atoms with E-state index in [9.17, 15) is 8.78 Å². The highest BCUT2D eigenvalue weighted by atomic mass is 79.9. The van der Waals surface area contributed by atoms with E-state index in [0.29, 0.717) is 11.3 Å². The standard InChI is InChI=1S/C12H11BrF2N2/c1-3-10-11(13)12(16-17(10)2)7-4-5-8(14)9(15)6-7/h4-6H,3H2,1-2H3. The molecular weight excluding hydrogens is 290 g/mol. The van der Waals surface area contributed by atoms with Crippen molar-refractivity contribution in [1.29, 1.82) is 0 Å². The van der Waals surface area contributed by atoms with Crippen LogP contribution in [0.25, 0.3) is 11.3 Å². The quantitative estimate of drug-likeness (QED) is 0.827. The predicted octanol–water partition coefficient (Wildman–Crippen LogP) is 3.69. The highest BCUT2D eigenvalue weighted by Crippen LogP contribution is 2.31. The molecule has 1 heterocycles. The molecular formula is C12H11BrF2N2. The second-order valence-electron chi connectivity index (χ2n) is 3.72. The first-order chi connectivity index (χ1) is 8.04. The van der Waals surface area contributed by atoms with Crippen LogP contribution in [-0.4, -0.2) is 9.78 Å². The number of hydrogen-bond donors (Lipinski definition) is 0. The van der Waals surface area contributed by atoms with Crippen LogP contribution < -0.4 is 0 Å². The lowest BCUT2D eigenvalue weighted by Gasteiger charge is -1.99. The predicted molar refractivity (Wildman–Crippen MR) is 65.6 cm³/mol. The van der Waals surface area contributed by atoms with Crippen LogP contribution in [0.5, 0.6) is 0 Å². The second kappa shape index (κ2) is 4.56. The number of benzene rings is 1. The topological polar surface area (TPSA) is 17.8 Å². The van der Waals surface area contributed by atoms with E-state index in [4.69, 9.17) is 0 Å². The fourth-order valence-corrected chi connectivity index (χ4v) is 2.59. The molecule has 0 aliphatic heterocycles. The summed E-state index contributed by atoms with van der Waals surface area (Å²) in [5.74, 6) is -1.71. The summed E-state index contributed by atoms with van der Waals surface area (Å²) in [5, 5.41) is 4.30. The Labute approximate surface area is 106 Å². The molecule has 0 fully saturated rings. The van der Waals surface area contributed by atoms with Crippen molar-refractivity contribution in [1.82, 2.24) is 9.78 Å². The molecule has 90 valence electrons. The third-order valence-corrected chi connectivity index (χ3v) is 3.46. The van der Waals surface area contributed by atoms with Gasteiger partial charge in [-0.1, -0.05) is 6.92 Å². The van der Waals surface area contributed by atoms with Gasteiger partial charge in [0.2, 0.25) is 0 Å². The molecule has 2 aromatic rings. The molecule has 5 heteroatoms. The summed E-state index contributed by atoms with van der Waals surface area (Å²) in [7, 11) is 1.83. The lowest BCUT2D eigenvalue weighted by atomic mass is 10.1. The van der Waals surface area contributed by atoms with Crippen LogP contribution in [0, 0.1) is 11.6 Å². The van der Waals surface area contributed by atoms with Gasteiger partial charge in [-0.3, -0.25) is 4.68 Å². The van der Waals surface area contributed by atoms with Gasteiger partial charge in [-0.05, 0) is 40.5 Å². The molecule has 0 spiro atoms. The number of aromatic nitrogens is 2. The van der Waals surface area contributed by atoms with E-state index < -0.39 is 11.6 Å². The van der Waals surface area contributed by atoms with Crippen molar-refractivity contribution in [3.8, 4) is 11.3 Å². The van der Waals surface area contributed by atoms with E-state index >= 15 is 0 Å². The molecule has 2 rings (SSSR count). The van der Waals surface area contributed by atoms with E-state index in [2.05, 4.69) is 21.0 Å². The molecule has 17 heavy (non-hydrogen) atoms. The molecule has 1 aromatic carbocycles. The summed E-state index contributed by atoms with van der Waals surface area (Å²) in [5.41, 5.74) is 2.21. The summed E-state index contributed by atoms with van der Waals surface area (Å²) >= 11 is 3.44. The molecule has 0 unspecified atom stereocenters. The van der Waals surface area contributed by atoms with Crippen LogP contribution in [0.3, 0.4) is 0 Å². The minimum absolute atomic E-state index is 0.561. The third-order valence-electron chi connectivity index (χ3n) is 2.63. The molecule has 0 radical (unpaired) electrons. The largest absolute Gasteiger partial charge is 0.271 e. The zero-order valence-corrected chi connectivity index (χ0v) is 11.1. The van der Waals surface area contributed by atoms with Crippen molar-refractivity contribution in [2.24, 2.45) is 7.05 Å². The number of hydrogen-bond acceptors (Lipinski definition) is 1. The van der Waals surface area contributed by atoms with Gasteiger partial charge in [0.25, 0.3) is 0 Å². The monoisotopic (exact) mass is 300 g/mol. The van der Waals surface area contributed by atoms with Crippen molar-refractivity contribution in [2.45, 2.75) is 13.3 Å². The molecule has 0 saturated heterocycles. The zero-order chi connectivity index (χ0) is 12.6. The van der Waals surface area contributed by atoms with Gasteiger partial charge in [0.15, 0.2) is 11.6 Å². The van der Waals surface area contributed by atoms with Gasteiger partial charge in [0.1, 0.15) is 5.69 Å². The van der Waals surface area contributed by atoms with Gasteiger partial charge in [-0.2, -0.15) is 5.10 Å². The summed E-state index contributed by atoms with van der Waals surface area (Å²) in [4.78, 5) is 0. The maximum Gasteiger partial charge on any atom is 0.159 e. The Morgan fingerprint density at radius 3 is 2.53 bits per heavy atom. The maximum absolute atomic E-state index is 13.2. The summed E-state index contributed by atoms with van der Waals surface area (Å²) < 4.78 is 28.6. The smallest absolute Gasteiger partial charge is 0.159 e. The average Bonchev–Trinajstić information content (AvgIpc) is 2.58. The van der Waals surface area contributed by atoms with Crippen LogP contribution in [0.1, 0.15) is 12.6 Å². The molecule has 0 aliphatic carbocycles. The Morgan fingerprint density at radius 1 is 1.29 bits per heavy atom. The number of halogens is 3. The highest BCUT2D eigenvalue weighted by molar-refractivity contribution is 9.10. The van der Waals surface area contributed by atoms with E-state index in [-0.39, 0.29) is 0 Å². The molecule has 0 amide bonds. The lowest BCUT2D eigenvalue weighted by molar-refractivity contribution is 0.509. The molecule has 0 atom stereocenters. The Morgan fingerprint density at radius 2 is 2.00 bits per heavy atom. The van der Waals surface area contributed by atoms with Crippen LogP contribution in [0.2, 0.25) is 0 Å². The minimum atomic E-state index is -0.863. The third kappa shape index (κ3) is 2.11. The minimum Gasteiger partial charge on any atom is -0.271 e. The normalized spacial score (nSPS) is 10.9. The van der Waals surface area contributed by atoms with Gasteiger partial charge in [-0.15, -0.1) is 0 Å². The summed E-state index contributed by atoms with van der Waals surface area (Å²) in [6, 6.07) is 3.78. The average molecular weight is 301 g/mol. The van der Waals surface area contributed by atoms with Gasteiger partial charge < -0.3 is 0 Å². The molecule has 1 aromatic heterocycles. The fraction of sp³-hybridized carbons (Fsp3) is 0.250. The van der Waals surface area contributed by atoms with E-state index in [1.165, 1.54) is 6.07 Å². The van der Waals surface area contributed by atoms with Crippen LogP contribution >= 0.6 is 15.9 Å². The SMILES string of the molecule is CCc1c(Br)c(-c2ccc(F)c(F)c2)nn1C. The maximum atomic E-state index is 13.2. The van der Waals surface area contributed by atoms with Crippen LogP contribution in [0.15, 0.2) is 22.7 Å². The summed E-state index contributed by atoms with van der Waals surface area (Å²) in [6.45, 7) is 2.01. The number of rotatable bonds is 2. The van der Waals surface area contributed by atoms with Crippen LogP contribution in [-0.2, 0) is 13.5 Å². The van der Waals surface area contributed by atoms with E-state index in [1.807, 2.05) is 14.0 Å².